The standard InChI is InChI=1S/C19H27NO4/c1-4-19(2,3)24-18(22)20-13-9-8-12-16(20)17(21)23-14-15-10-6-5-7-11-15/h5-7,10-11,16H,4,8-9,12-14H2,1-3H3. The van der Waals surface area contributed by atoms with Gasteiger partial charge in [0.2, 0.25) is 0 Å². The van der Waals surface area contributed by atoms with Gasteiger partial charge in [-0.2, -0.15) is 0 Å². The maximum absolute atomic E-state index is 12.5. The van der Waals surface area contributed by atoms with E-state index in [-0.39, 0.29) is 12.6 Å². The molecule has 1 saturated heterocycles. The van der Waals surface area contributed by atoms with Crippen molar-refractivity contribution < 1.29 is 19.1 Å². The van der Waals surface area contributed by atoms with Crippen molar-refractivity contribution in [1.29, 1.82) is 0 Å². The summed E-state index contributed by atoms with van der Waals surface area (Å²) in [6.45, 7) is 6.47. The van der Waals surface area contributed by atoms with E-state index >= 15 is 0 Å². The van der Waals surface area contributed by atoms with E-state index in [0.717, 1.165) is 24.8 Å². The van der Waals surface area contributed by atoms with Crippen LogP contribution in [0.4, 0.5) is 4.79 Å². The third-order valence-electron chi connectivity index (χ3n) is 4.45. The Morgan fingerprint density at radius 1 is 1.21 bits per heavy atom. The van der Waals surface area contributed by atoms with E-state index in [0.29, 0.717) is 13.0 Å². The van der Waals surface area contributed by atoms with Crippen LogP contribution in [0.5, 0.6) is 0 Å². The molecular formula is C19H27NO4. The van der Waals surface area contributed by atoms with Gasteiger partial charge in [0.05, 0.1) is 0 Å². The van der Waals surface area contributed by atoms with Crippen LogP contribution in [0, 0.1) is 0 Å². The minimum atomic E-state index is -0.553. The Balaban J connectivity index is 1.97. The number of hydrogen-bond acceptors (Lipinski definition) is 4. The van der Waals surface area contributed by atoms with Crippen LogP contribution in [0.3, 0.4) is 0 Å². The van der Waals surface area contributed by atoms with Crippen LogP contribution in [-0.4, -0.2) is 35.2 Å². The fourth-order valence-corrected chi connectivity index (χ4v) is 2.59. The van der Waals surface area contributed by atoms with Crippen molar-refractivity contribution in [3.05, 3.63) is 35.9 Å². The molecule has 1 fully saturated rings. The first kappa shape index (κ1) is 18.3. The Morgan fingerprint density at radius 3 is 2.58 bits per heavy atom. The van der Waals surface area contributed by atoms with E-state index in [1.165, 1.54) is 4.90 Å². The van der Waals surface area contributed by atoms with Gasteiger partial charge in [0.1, 0.15) is 18.2 Å². The Hall–Kier alpha value is -2.04. The zero-order chi connectivity index (χ0) is 17.6. The molecule has 0 saturated carbocycles. The topological polar surface area (TPSA) is 55.8 Å². The quantitative estimate of drug-likeness (QED) is 0.767. The van der Waals surface area contributed by atoms with Crippen molar-refractivity contribution in [1.82, 2.24) is 4.90 Å². The van der Waals surface area contributed by atoms with Crippen molar-refractivity contribution in [3.63, 3.8) is 0 Å². The van der Waals surface area contributed by atoms with Crippen LogP contribution in [-0.2, 0) is 20.9 Å². The maximum atomic E-state index is 12.5. The second-order valence-corrected chi connectivity index (χ2v) is 6.78. The number of hydrogen-bond donors (Lipinski definition) is 0. The first-order chi connectivity index (χ1) is 11.4. The average Bonchev–Trinajstić information content (AvgIpc) is 2.60. The molecule has 0 bridgehead atoms. The van der Waals surface area contributed by atoms with Gasteiger partial charge in [-0.15, -0.1) is 0 Å². The predicted octanol–water partition coefficient (Wildman–Crippen LogP) is 3.91. The molecule has 1 aromatic rings. The third kappa shape index (κ3) is 4.98. The number of ether oxygens (including phenoxy) is 2. The highest BCUT2D eigenvalue weighted by Crippen LogP contribution is 2.23. The van der Waals surface area contributed by atoms with E-state index in [4.69, 9.17) is 9.47 Å². The smallest absolute Gasteiger partial charge is 0.411 e. The molecular weight excluding hydrogens is 306 g/mol. The maximum Gasteiger partial charge on any atom is 0.411 e. The first-order valence-corrected chi connectivity index (χ1v) is 8.63. The lowest BCUT2D eigenvalue weighted by Gasteiger charge is -2.35. The largest absolute Gasteiger partial charge is 0.459 e. The van der Waals surface area contributed by atoms with E-state index in [2.05, 4.69) is 0 Å². The normalized spacial score (nSPS) is 18.1. The van der Waals surface area contributed by atoms with Crippen molar-refractivity contribution in [3.8, 4) is 0 Å². The Morgan fingerprint density at radius 2 is 1.92 bits per heavy atom. The molecule has 1 unspecified atom stereocenters. The van der Waals surface area contributed by atoms with Gasteiger partial charge in [0.25, 0.3) is 0 Å². The number of carbonyl (C=O) groups excluding carboxylic acids is 2. The van der Waals surface area contributed by atoms with Gasteiger partial charge >= 0.3 is 12.1 Å². The summed E-state index contributed by atoms with van der Waals surface area (Å²) in [6, 6.07) is 8.98. The molecule has 5 heteroatoms. The minimum absolute atomic E-state index is 0.222. The first-order valence-electron chi connectivity index (χ1n) is 8.63. The number of amides is 1. The molecule has 0 aliphatic carbocycles. The van der Waals surface area contributed by atoms with E-state index in [1.807, 2.05) is 51.1 Å². The van der Waals surface area contributed by atoms with Crippen LogP contribution < -0.4 is 0 Å². The molecule has 1 amide bonds. The van der Waals surface area contributed by atoms with Crippen molar-refractivity contribution in [2.45, 2.75) is 64.7 Å². The number of esters is 1. The van der Waals surface area contributed by atoms with Crippen molar-refractivity contribution in [2.24, 2.45) is 0 Å². The second-order valence-electron chi connectivity index (χ2n) is 6.78. The minimum Gasteiger partial charge on any atom is -0.459 e. The zero-order valence-corrected chi connectivity index (χ0v) is 14.8. The van der Waals surface area contributed by atoms with Gasteiger partial charge in [0, 0.05) is 6.54 Å². The molecule has 0 spiro atoms. The van der Waals surface area contributed by atoms with Crippen LogP contribution in [0.15, 0.2) is 30.3 Å². The van der Waals surface area contributed by atoms with E-state index < -0.39 is 17.7 Å². The van der Waals surface area contributed by atoms with Gasteiger partial charge < -0.3 is 9.47 Å². The molecule has 0 radical (unpaired) electrons. The number of benzene rings is 1. The summed E-state index contributed by atoms with van der Waals surface area (Å²) in [5.74, 6) is -0.357. The highest BCUT2D eigenvalue weighted by atomic mass is 16.6. The predicted molar refractivity (Wildman–Crippen MR) is 91.4 cm³/mol. The molecule has 24 heavy (non-hydrogen) atoms. The van der Waals surface area contributed by atoms with Gasteiger partial charge in [-0.3, -0.25) is 4.90 Å². The molecule has 132 valence electrons. The molecule has 1 atom stereocenters. The lowest BCUT2D eigenvalue weighted by molar-refractivity contribution is -0.152. The zero-order valence-electron chi connectivity index (χ0n) is 14.8. The molecule has 5 nitrogen and oxygen atoms in total. The molecule has 1 aromatic carbocycles. The van der Waals surface area contributed by atoms with Crippen LogP contribution >= 0.6 is 0 Å². The molecule has 1 heterocycles. The Labute approximate surface area is 143 Å². The number of piperidine rings is 1. The van der Waals surface area contributed by atoms with Crippen LogP contribution in [0.2, 0.25) is 0 Å². The van der Waals surface area contributed by atoms with Crippen LogP contribution in [0.1, 0.15) is 52.0 Å². The lowest BCUT2D eigenvalue weighted by atomic mass is 10.0. The van der Waals surface area contributed by atoms with Gasteiger partial charge in [-0.05, 0) is 45.1 Å². The second kappa shape index (κ2) is 8.18. The lowest BCUT2D eigenvalue weighted by Crippen LogP contribution is -2.50. The van der Waals surface area contributed by atoms with E-state index in [1.54, 1.807) is 0 Å². The Bertz CT molecular complexity index is 556. The number of nitrogens with zero attached hydrogens (tertiary/aromatic N) is 1. The third-order valence-corrected chi connectivity index (χ3v) is 4.45. The summed E-state index contributed by atoms with van der Waals surface area (Å²) in [5.41, 5.74) is 0.399. The van der Waals surface area contributed by atoms with Crippen molar-refractivity contribution >= 4 is 12.1 Å². The fraction of sp³-hybridized carbons (Fsp3) is 0.579. The summed E-state index contributed by atoms with van der Waals surface area (Å²) in [4.78, 5) is 26.4. The SMILES string of the molecule is CCC(C)(C)OC(=O)N1CCCCC1C(=O)OCc1ccccc1. The monoisotopic (exact) mass is 333 g/mol. The highest BCUT2D eigenvalue weighted by Gasteiger charge is 2.36. The van der Waals surface area contributed by atoms with Gasteiger partial charge in [0.15, 0.2) is 0 Å². The van der Waals surface area contributed by atoms with Crippen LogP contribution in [0.25, 0.3) is 0 Å². The van der Waals surface area contributed by atoms with Gasteiger partial charge in [-0.25, -0.2) is 9.59 Å². The average molecular weight is 333 g/mol. The molecule has 0 aromatic heterocycles. The number of rotatable bonds is 5. The van der Waals surface area contributed by atoms with Crippen molar-refractivity contribution in [2.75, 3.05) is 6.54 Å². The van der Waals surface area contributed by atoms with Gasteiger partial charge in [-0.1, -0.05) is 37.3 Å². The summed E-state index contributed by atoms with van der Waals surface area (Å²) in [7, 11) is 0. The Kier molecular flexibility index (Phi) is 6.23. The number of carbonyl (C=O) groups is 2. The number of likely N-dealkylation sites (tertiary alicyclic amines) is 1. The summed E-state index contributed by atoms with van der Waals surface area (Å²) in [6.07, 6.45) is 2.70. The molecule has 2 rings (SSSR count). The molecule has 1 aliphatic rings. The summed E-state index contributed by atoms with van der Waals surface area (Å²) < 4.78 is 11.0. The highest BCUT2D eigenvalue weighted by molar-refractivity contribution is 5.81. The summed E-state index contributed by atoms with van der Waals surface area (Å²) in [5, 5.41) is 0. The molecule has 1 aliphatic heterocycles. The summed E-state index contributed by atoms with van der Waals surface area (Å²) >= 11 is 0. The van der Waals surface area contributed by atoms with E-state index in [9.17, 15) is 9.59 Å². The fourth-order valence-electron chi connectivity index (χ4n) is 2.59. The molecule has 0 N–H and O–H groups in total.